The monoisotopic (exact) mass is 293 g/mol. The second-order valence-electron chi connectivity index (χ2n) is 5.23. The largest absolute Gasteiger partial charge is 0.353 e. The van der Waals surface area contributed by atoms with Crippen LogP contribution in [0.5, 0.6) is 0 Å². The van der Waals surface area contributed by atoms with Crippen LogP contribution in [0, 0.1) is 5.95 Å². The molecule has 0 aliphatic carbocycles. The maximum absolute atomic E-state index is 13.5. The molecular formula is C15H20FN3O2. The third-order valence-corrected chi connectivity index (χ3v) is 3.61. The zero-order chi connectivity index (χ0) is 15.2. The number of amides is 2. The molecule has 6 heteroatoms. The van der Waals surface area contributed by atoms with Gasteiger partial charge in [0.2, 0.25) is 11.9 Å². The lowest BCUT2D eigenvalue weighted by molar-refractivity contribution is -0.122. The third-order valence-electron chi connectivity index (χ3n) is 3.61. The first-order valence-electron chi connectivity index (χ1n) is 7.31. The Labute approximate surface area is 123 Å². The summed E-state index contributed by atoms with van der Waals surface area (Å²) in [6.07, 6.45) is 4.07. The SMILES string of the molecule is CCCC(=O)NC1CCN(C(=O)c2cccnc2F)CC1. The number of carbonyl (C=O) groups is 2. The van der Waals surface area contributed by atoms with Crippen molar-refractivity contribution in [2.75, 3.05) is 13.1 Å². The highest BCUT2D eigenvalue weighted by Gasteiger charge is 2.26. The topological polar surface area (TPSA) is 62.3 Å². The summed E-state index contributed by atoms with van der Waals surface area (Å²) in [5.74, 6) is -1.01. The number of carbonyl (C=O) groups excluding carboxylic acids is 2. The van der Waals surface area contributed by atoms with Gasteiger partial charge in [0.15, 0.2) is 0 Å². The van der Waals surface area contributed by atoms with Crippen molar-refractivity contribution in [2.45, 2.75) is 38.6 Å². The highest BCUT2D eigenvalue weighted by molar-refractivity contribution is 5.94. The minimum atomic E-state index is -0.735. The predicted octanol–water partition coefficient (Wildman–Crippen LogP) is 1.74. The summed E-state index contributed by atoms with van der Waals surface area (Å²) in [7, 11) is 0. The van der Waals surface area contributed by atoms with Crippen LogP contribution in [-0.4, -0.2) is 40.8 Å². The fraction of sp³-hybridized carbons (Fsp3) is 0.533. The van der Waals surface area contributed by atoms with Crippen LogP contribution in [0.2, 0.25) is 0 Å². The molecule has 0 unspecified atom stereocenters. The van der Waals surface area contributed by atoms with Gasteiger partial charge in [-0.25, -0.2) is 4.98 Å². The molecule has 1 aliphatic heterocycles. The van der Waals surface area contributed by atoms with E-state index >= 15 is 0 Å². The van der Waals surface area contributed by atoms with Gasteiger partial charge in [0.25, 0.3) is 5.91 Å². The number of hydrogen-bond acceptors (Lipinski definition) is 3. The summed E-state index contributed by atoms with van der Waals surface area (Å²) in [6.45, 7) is 3.00. The second kappa shape index (κ2) is 7.15. The van der Waals surface area contributed by atoms with Crippen LogP contribution in [-0.2, 0) is 4.79 Å². The molecule has 0 spiro atoms. The molecule has 1 aromatic rings. The first-order valence-corrected chi connectivity index (χ1v) is 7.31. The first-order chi connectivity index (χ1) is 10.1. The molecule has 0 aromatic carbocycles. The van der Waals surface area contributed by atoms with Gasteiger partial charge >= 0.3 is 0 Å². The summed E-state index contributed by atoms with van der Waals surface area (Å²) >= 11 is 0. The number of aromatic nitrogens is 1. The Hall–Kier alpha value is -1.98. The molecule has 1 fully saturated rings. The number of piperidine rings is 1. The molecule has 2 heterocycles. The van der Waals surface area contributed by atoms with Gasteiger partial charge < -0.3 is 10.2 Å². The fourth-order valence-corrected chi connectivity index (χ4v) is 2.47. The molecule has 114 valence electrons. The van der Waals surface area contributed by atoms with Gasteiger partial charge in [-0.2, -0.15) is 4.39 Å². The quantitative estimate of drug-likeness (QED) is 0.860. The van der Waals surface area contributed by atoms with E-state index in [0.717, 1.165) is 6.42 Å². The lowest BCUT2D eigenvalue weighted by Gasteiger charge is -2.32. The second-order valence-corrected chi connectivity index (χ2v) is 5.23. The van der Waals surface area contributed by atoms with Crippen LogP contribution in [0.15, 0.2) is 18.3 Å². The highest BCUT2D eigenvalue weighted by Crippen LogP contribution is 2.15. The van der Waals surface area contributed by atoms with E-state index in [1.54, 1.807) is 11.0 Å². The number of rotatable bonds is 4. The normalized spacial score (nSPS) is 15.8. The van der Waals surface area contributed by atoms with E-state index < -0.39 is 5.95 Å². The molecule has 1 saturated heterocycles. The van der Waals surface area contributed by atoms with E-state index in [4.69, 9.17) is 0 Å². The summed E-state index contributed by atoms with van der Waals surface area (Å²) in [5.41, 5.74) is 0.00553. The van der Waals surface area contributed by atoms with Gasteiger partial charge in [0.05, 0.1) is 5.56 Å². The number of likely N-dealkylation sites (tertiary alicyclic amines) is 1. The van der Waals surface area contributed by atoms with Gasteiger partial charge in [0, 0.05) is 31.7 Å². The first kappa shape index (κ1) is 15.4. The molecule has 1 aliphatic rings. The van der Waals surface area contributed by atoms with Gasteiger partial charge in [-0.1, -0.05) is 6.92 Å². The number of pyridine rings is 1. The summed E-state index contributed by atoms with van der Waals surface area (Å²) in [4.78, 5) is 28.9. The van der Waals surface area contributed by atoms with E-state index in [1.165, 1.54) is 12.3 Å². The summed E-state index contributed by atoms with van der Waals surface area (Å²) < 4.78 is 13.5. The van der Waals surface area contributed by atoms with Crippen molar-refractivity contribution in [3.63, 3.8) is 0 Å². The Morgan fingerprint density at radius 2 is 2.14 bits per heavy atom. The Balaban J connectivity index is 1.88. The van der Waals surface area contributed by atoms with Crippen molar-refractivity contribution in [3.05, 3.63) is 29.8 Å². The third kappa shape index (κ3) is 4.00. The maximum atomic E-state index is 13.5. The van der Waals surface area contributed by atoms with E-state index in [0.29, 0.717) is 32.4 Å². The van der Waals surface area contributed by atoms with E-state index in [2.05, 4.69) is 10.3 Å². The van der Waals surface area contributed by atoms with Crippen molar-refractivity contribution in [3.8, 4) is 0 Å². The minimum Gasteiger partial charge on any atom is -0.353 e. The van der Waals surface area contributed by atoms with E-state index in [9.17, 15) is 14.0 Å². The Morgan fingerprint density at radius 1 is 1.43 bits per heavy atom. The van der Waals surface area contributed by atoms with Crippen LogP contribution >= 0.6 is 0 Å². The summed E-state index contributed by atoms with van der Waals surface area (Å²) in [5, 5.41) is 2.97. The molecule has 2 amide bonds. The van der Waals surface area contributed by atoms with Crippen LogP contribution in [0.4, 0.5) is 4.39 Å². The molecule has 0 bridgehead atoms. The molecule has 2 rings (SSSR count). The fourth-order valence-electron chi connectivity index (χ4n) is 2.47. The maximum Gasteiger partial charge on any atom is 0.258 e. The van der Waals surface area contributed by atoms with Crippen LogP contribution in [0.3, 0.4) is 0 Å². The van der Waals surface area contributed by atoms with Gasteiger partial charge in [0.1, 0.15) is 0 Å². The van der Waals surface area contributed by atoms with Crippen LogP contribution in [0.1, 0.15) is 43.0 Å². The highest BCUT2D eigenvalue weighted by atomic mass is 19.1. The number of hydrogen-bond donors (Lipinski definition) is 1. The molecule has 0 saturated carbocycles. The molecule has 1 N–H and O–H groups in total. The molecular weight excluding hydrogens is 273 g/mol. The molecule has 0 atom stereocenters. The predicted molar refractivity (Wildman–Crippen MR) is 76.2 cm³/mol. The van der Waals surface area contributed by atoms with Crippen molar-refractivity contribution in [2.24, 2.45) is 0 Å². The molecule has 1 aromatic heterocycles. The standard InChI is InChI=1S/C15H20FN3O2/c1-2-4-13(20)18-11-6-9-19(10-7-11)15(21)12-5-3-8-17-14(12)16/h3,5,8,11H,2,4,6-7,9-10H2,1H3,(H,18,20). The smallest absolute Gasteiger partial charge is 0.258 e. The average Bonchev–Trinajstić information content (AvgIpc) is 2.48. The average molecular weight is 293 g/mol. The van der Waals surface area contributed by atoms with E-state index in [-0.39, 0.29) is 23.4 Å². The Morgan fingerprint density at radius 3 is 2.76 bits per heavy atom. The molecule has 5 nitrogen and oxygen atoms in total. The van der Waals surface area contributed by atoms with Gasteiger partial charge in [-0.3, -0.25) is 9.59 Å². The zero-order valence-electron chi connectivity index (χ0n) is 12.1. The minimum absolute atomic E-state index is 0.00553. The van der Waals surface area contributed by atoms with Gasteiger partial charge in [-0.15, -0.1) is 0 Å². The number of nitrogens with zero attached hydrogens (tertiary/aromatic N) is 2. The Bertz CT molecular complexity index is 513. The number of halogens is 1. The van der Waals surface area contributed by atoms with E-state index in [1.807, 2.05) is 6.92 Å². The summed E-state index contributed by atoms with van der Waals surface area (Å²) in [6, 6.07) is 3.10. The van der Waals surface area contributed by atoms with Gasteiger partial charge in [-0.05, 0) is 31.4 Å². The lowest BCUT2D eigenvalue weighted by atomic mass is 10.0. The lowest BCUT2D eigenvalue weighted by Crippen LogP contribution is -2.46. The zero-order valence-corrected chi connectivity index (χ0v) is 12.1. The van der Waals surface area contributed by atoms with Crippen molar-refractivity contribution in [1.82, 2.24) is 15.2 Å². The molecule has 0 radical (unpaired) electrons. The number of nitrogens with one attached hydrogen (secondary N) is 1. The van der Waals surface area contributed by atoms with Crippen molar-refractivity contribution in [1.29, 1.82) is 0 Å². The molecule has 21 heavy (non-hydrogen) atoms. The van der Waals surface area contributed by atoms with Crippen LogP contribution < -0.4 is 5.32 Å². The van der Waals surface area contributed by atoms with Crippen molar-refractivity contribution < 1.29 is 14.0 Å². The van der Waals surface area contributed by atoms with Crippen LogP contribution in [0.25, 0.3) is 0 Å². The van der Waals surface area contributed by atoms with Crippen molar-refractivity contribution >= 4 is 11.8 Å². The Kier molecular flexibility index (Phi) is 5.25.